The van der Waals surface area contributed by atoms with Gasteiger partial charge >= 0.3 is 0 Å². The summed E-state index contributed by atoms with van der Waals surface area (Å²) in [5, 5.41) is 6.06. The van der Waals surface area contributed by atoms with Crippen molar-refractivity contribution in [2.45, 2.75) is 106 Å². The van der Waals surface area contributed by atoms with E-state index in [2.05, 4.69) is 79.7 Å². The van der Waals surface area contributed by atoms with Crippen LogP contribution in [0.15, 0.2) is 18.2 Å². The monoisotopic (exact) mass is 378 g/mol. The molecule has 0 saturated heterocycles. The Morgan fingerprint density at radius 1 is 0.893 bits per heavy atom. The Morgan fingerprint density at radius 2 is 1.54 bits per heavy atom. The highest BCUT2D eigenvalue weighted by atomic mass is 14.2. The van der Waals surface area contributed by atoms with Crippen LogP contribution in [0.5, 0.6) is 0 Å². The van der Waals surface area contributed by atoms with E-state index in [1.165, 1.54) is 53.5 Å². The van der Waals surface area contributed by atoms with E-state index < -0.39 is 0 Å². The van der Waals surface area contributed by atoms with Gasteiger partial charge in [0, 0.05) is 0 Å². The first-order valence-electron chi connectivity index (χ1n) is 11.7. The number of unbranched alkanes of at least 4 members (excludes halogenated alkanes) is 1. The highest BCUT2D eigenvalue weighted by molar-refractivity contribution is 5.92. The summed E-state index contributed by atoms with van der Waals surface area (Å²) in [6.45, 7) is 18.7. The summed E-state index contributed by atoms with van der Waals surface area (Å²) in [6.07, 6.45) is 9.62. The lowest BCUT2D eigenvalue weighted by Crippen LogP contribution is -2.30. The number of hydrogen-bond donors (Lipinski definition) is 0. The van der Waals surface area contributed by atoms with E-state index in [1.54, 1.807) is 22.1 Å². The first-order valence-corrected chi connectivity index (χ1v) is 11.7. The lowest BCUT2D eigenvalue weighted by molar-refractivity contribution is 0.732. The molecular weight excluding hydrogens is 336 g/mol. The Labute approximate surface area is 173 Å². The van der Waals surface area contributed by atoms with Crippen LogP contribution < -0.4 is 10.4 Å². The van der Waals surface area contributed by atoms with Gasteiger partial charge in [-0.15, -0.1) is 0 Å². The van der Waals surface area contributed by atoms with Crippen LogP contribution in [-0.2, 0) is 0 Å². The molecule has 0 heterocycles. The number of aryl methyl sites for hydroxylation is 1. The normalized spacial score (nSPS) is 15.8. The van der Waals surface area contributed by atoms with Crippen LogP contribution in [0, 0.1) is 6.92 Å². The number of fused-ring (bicyclic) bond motifs is 1. The average Bonchev–Trinajstić information content (AvgIpc) is 2.69. The SMILES string of the molecule is CCCC=c1cc(C(C)CC)c2cc(C)cc(C(C)CC)c2c1=C(C)CCC. The predicted molar refractivity (Wildman–Crippen MR) is 129 cm³/mol. The van der Waals surface area contributed by atoms with Gasteiger partial charge in [0.15, 0.2) is 0 Å². The van der Waals surface area contributed by atoms with Crippen molar-refractivity contribution in [1.29, 1.82) is 0 Å². The van der Waals surface area contributed by atoms with Crippen molar-refractivity contribution in [1.82, 2.24) is 0 Å². The molecule has 2 aromatic rings. The number of benzene rings is 2. The van der Waals surface area contributed by atoms with Crippen molar-refractivity contribution in [2.75, 3.05) is 0 Å². The Balaban J connectivity index is 3.18. The van der Waals surface area contributed by atoms with Crippen LogP contribution >= 0.6 is 0 Å². The zero-order chi connectivity index (χ0) is 20.8. The molecule has 28 heavy (non-hydrogen) atoms. The summed E-state index contributed by atoms with van der Waals surface area (Å²) in [7, 11) is 0. The first kappa shape index (κ1) is 22.7. The molecule has 0 heteroatoms. The van der Waals surface area contributed by atoms with E-state index in [9.17, 15) is 0 Å². The molecule has 0 bridgehead atoms. The molecule has 0 saturated carbocycles. The smallest absolute Gasteiger partial charge is 0.00682 e. The largest absolute Gasteiger partial charge is 0.0766 e. The standard InChI is InChI=1S/C28H42/c1-9-13-15-23-18-24(20(6)11-3)26-17-19(5)16-25(21(7)12-4)28(26)27(23)22(8)14-10-2/h15-18,20-21H,9-14H2,1-8H3. The minimum absolute atomic E-state index is 0.585. The first-order chi connectivity index (χ1) is 13.4. The molecule has 2 rings (SSSR count). The maximum atomic E-state index is 2.53. The summed E-state index contributed by atoms with van der Waals surface area (Å²) >= 11 is 0. The summed E-state index contributed by atoms with van der Waals surface area (Å²) in [4.78, 5) is 0. The zero-order valence-corrected chi connectivity index (χ0v) is 19.7. The van der Waals surface area contributed by atoms with Crippen LogP contribution in [0.2, 0.25) is 0 Å². The van der Waals surface area contributed by atoms with Crippen LogP contribution in [0.3, 0.4) is 0 Å². The third-order valence-electron chi connectivity index (χ3n) is 6.47. The molecule has 0 fully saturated rings. The van der Waals surface area contributed by atoms with E-state index in [-0.39, 0.29) is 0 Å². The van der Waals surface area contributed by atoms with Crippen LogP contribution in [-0.4, -0.2) is 0 Å². The summed E-state index contributed by atoms with van der Waals surface area (Å²) in [5.74, 6) is 1.17. The van der Waals surface area contributed by atoms with Crippen molar-refractivity contribution in [3.8, 4) is 0 Å². The molecule has 0 aliphatic heterocycles. The number of rotatable bonds is 8. The Hall–Kier alpha value is -1.56. The van der Waals surface area contributed by atoms with Gasteiger partial charge in [-0.2, -0.15) is 0 Å². The lowest BCUT2D eigenvalue weighted by atomic mass is 9.83. The maximum Gasteiger partial charge on any atom is -0.00682 e. The van der Waals surface area contributed by atoms with E-state index in [0.29, 0.717) is 11.8 Å². The van der Waals surface area contributed by atoms with Gasteiger partial charge in [0.05, 0.1) is 0 Å². The van der Waals surface area contributed by atoms with E-state index in [1.807, 2.05) is 0 Å². The van der Waals surface area contributed by atoms with Crippen LogP contribution in [0.4, 0.5) is 0 Å². The van der Waals surface area contributed by atoms with Gasteiger partial charge < -0.3 is 0 Å². The summed E-state index contributed by atoms with van der Waals surface area (Å²) < 4.78 is 0. The molecule has 2 atom stereocenters. The van der Waals surface area contributed by atoms with Crippen molar-refractivity contribution in [3.63, 3.8) is 0 Å². The molecule has 0 nitrogen and oxygen atoms in total. The molecule has 0 N–H and O–H groups in total. The third kappa shape index (κ3) is 4.70. The maximum absolute atomic E-state index is 2.53. The van der Waals surface area contributed by atoms with Gasteiger partial charge in [0.1, 0.15) is 0 Å². The van der Waals surface area contributed by atoms with Gasteiger partial charge in [-0.05, 0) is 83.7 Å². The third-order valence-corrected chi connectivity index (χ3v) is 6.47. The van der Waals surface area contributed by atoms with Gasteiger partial charge in [0.2, 0.25) is 0 Å². The molecule has 0 aliphatic carbocycles. The summed E-state index contributed by atoms with van der Waals surface area (Å²) in [6, 6.07) is 7.44. The Morgan fingerprint density at radius 3 is 2.11 bits per heavy atom. The highest BCUT2D eigenvalue weighted by Gasteiger charge is 2.17. The highest BCUT2D eigenvalue weighted by Crippen LogP contribution is 2.32. The second-order valence-electron chi connectivity index (χ2n) is 8.85. The van der Waals surface area contributed by atoms with E-state index in [4.69, 9.17) is 0 Å². The number of hydrogen-bond acceptors (Lipinski definition) is 0. The van der Waals surface area contributed by atoms with E-state index in [0.717, 1.165) is 6.42 Å². The van der Waals surface area contributed by atoms with Gasteiger partial charge in [-0.25, -0.2) is 0 Å². The second-order valence-corrected chi connectivity index (χ2v) is 8.85. The van der Waals surface area contributed by atoms with Crippen molar-refractivity contribution in [3.05, 3.63) is 45.3 Å². The Bertz CT molecular complexity index is 913. The molecule has 2 unspecified atom stereocenters. The fourth-order valence-corrected chi connectivity index (χ4v) is 4.44. The minimum Gasteiger partial charge on any atom is -0.0766 e. The van der Waals surface area contributed by atoms with Gasteiger partial charge in [0.25, 0.3) is 0 Å². The molecule has 154 valence electrons. The van der Waals surface area contributed by atoms with E-state index >= 15 is 0 Å². The fourth-order valence-electron chi connectivity index (χ4n) is 4.44. The zero-order valence-electron chi connectivity index (χ0n) is 19.7. The van der Waals surface area contributed by atoms with Crippen molar-refractivity contribution in [2.24, 2.45) is 0 Å². The quantitative estimate of drug-likeness (QED) is 0.441. The van der Waals surface area contributed by atoms with Crippen molar-refractivity contribution < 1.29 is 0 Å². The molecule has 0 aromatic heterocycles. The molecule has 0 radical (unpaired) electrons. The lowest BCUT2D eigenvalue weighted by Gasteiger charge is -2.21. The van der Waals surface area contributed by atoms with Crippen molar-refractivity contribution >= 4 is 22.4 Å². The second kappa shape index (κ2) is 10.3. The van der Waals surface area contributed by atoms with Crippen LogP contribution in [0.25, 0.3) is 22.4 Å². The molecule has 0 amide bonds. The topological polar surface area (TPSA) is 0 Å². The van der Waals surface area contributed by atoms with Crippen LogP contribution in [0.1, 0.15) is 116 Å². The predicted octanol–water partition coefficient (Wildman–Crippen LogP) is 7.73. The van der Waals surface area contributed by atoms with Gasteiger partial charge in [-0.3, -0.25) is 0 Å². The molecule has 2 aromatic carbocycles. The molecule has 0 spiro atoms. The fraction of sp³-hybridized carbons (Fsp3) is 0.571. The molecular formula is C28H42. The average molecular weight is 379 g/mol. The minimum atomic E-state index is 0.585. The van der Waals surface area contributed by atoms with Gasteiger partial charge in [-0.1, -0.05) is 89.8 Å². The molecule has 0 aliphatic rings. The Kier molecular flexibility index (Phi) is 8.35. The summed E-state index contributed by atoms with van der Waals surface area (Å²) in [5.41, 5.74) is 6.05.